The summed E-state index contributed by atoms with van der Waals surface area (Å²) in [5, 5.41) is 0. The molecule has 1 aromatic heterocycles. The van der Waals surface area contributed by atoms with Gasteiger partial charge in [-0.3, -0.25) is 0 Å². The first-order chi connectivity index (χ1) is 9.91. The number of rotatable bonds is 2. The Hall–Kier alpha value is -1.28. The molecule has 2 aliphatic heterocycles. The van der Waals surface area contributed by atoms with Crippen molar-refractivity contribution in [2.45, 2.75) is 31.2 Å². The molecule has 1 spiro atoms. The molecule has 0 radical (unpaired) electrons. The number of anilines is 1. The van der Waals surface area contributed by atoms with E-state index in [1.54, 1.807) is 4.31 Å². The van der Waals surface area contributed by atoms with Gasteiger partial charge in [0, 0.05) is 19.6 Å². The van der Waals surface area contributed by atoms with E-state index in [4.69, 9.17) is 0 Å². The summed E-state index contributed by atoms with van der Waals surface area (Å²) in [5.74, 6) is -0.0000670. The van der Waals surface area contributed by atoms with Crippen molar-refractivity contribution in [3.8, 4) is 0 Å². The fraction of sp³-hybridized carbons (Fsp3) is 0.692. The van der Waals surface area contributed by atoms with E-state index in [-0.39, 0.29) is 5.54 Å². The molecule has 2 fully saturated rings. The van der Waals surface area contributed by atoms with Gasteiger partial charge in [-0.1, -0.05) is 0 Å². The van der Waals surface area contributed by atoms with E-state index in [9.17, 15) is 12.8 Å². The lowest BCUT2D eigenvalue weighted by Crippen LogP contribution is -2.57. The Kier molecular flexibility index (Phi) is 3.61. The molecule has 2 saturated heterocycles. The maximum Gasteiger partial charge on any atom is 0.225 e. The van der Waals surface area contributed by atoms with Crippen LogP contribution >= 0.6 is 0 Å². The first-order valence-corrected chi connectivity index (χ1v) is 8.96. The Bertz CT molecular complexity index is 622. The Morgan fingerprint density at radius 1 is 1.19 bits per heavy atom. The van der Waals surface area contributed by atoms with E-state index in [0.717, 1.165) is 44.6 Å². The van der Waals surface area contributed by atoms with Crippen molar-refractivity contribution in [1.29, 1.82) is 0 Å². The van der Waals surface area contributed by atoms with Crippen molar-refractivity contribution in [3.05, 3.63) is 18.2 Å². The molecular formula is C13H19FN4O2S. The molecule has 116 valence electrons. The van der Waals surface area contributed by atoms with Gasteiger partial charge < -0.3 is 4.90 Å². The lowest BCUT2D eigenvalue weighted by molar-refractivity contribution is 0.203. The molecule has 21 heavy (non-hydrogen) atoms. The van der Waals surface area contributed by atoms with E-state index in [2.05, 4.69) is 9.97 Å². The van der Waals surface area contributed by atoms with Gasteiger partial charge in [-0.15, -0.1) is 0 Å². The Balaban J connectivity index is 1.87. The molecule has 3 heterocycles. The summed E-state index contributed by atoms with van der Waals surface area (Å²) in [4.78, 5) is 10.00. The topological polar surface area (TPSA) is 66.4 Å². The molecule has 2 aliphatic rings. The van der Waals surface area contributed by atoms with Crippen LogP contribution in [0.25, 0.3) is 0 Å². The number of nitrogens with zero attached hydrogens (tertiary/aromatic N) is 4. The number of hydrogen-bond acceptors (Lipinski definition) is 5. The van der Waals surface area contributed by atoms with E-state index in [0.29, 0.717) is 19.0 Å². The summed E-state index contributed by atoms with van der Waals surface area (Å²) in [7, 11) is -3.22. The van der Waals surface area contributed by atoms with Crippen molar-refractivity contribution in [2.24, 2.45) is 0 Å². The average Bonchev–Trinajstić information content (AvgIpc) is 2.83. The predicted octanol–water partition coefficient (Wildman–Crippen LogP) is 1.01. The summed E-state index contributed by atoms with van der Waals surface area (Å²) in [6.45, 7) is 1.92. The zero-order valence-electron chi connectivity index (χ0n) is 12.0. The minimum Gasteiger partial charge on any atom is -0.339 e. The summed E-state index contributed by atoms with van der Waals surface area (Å²) in [5.41, 5.74) is -0.358. The standard InChI is InChI=1S/C13H19FN4O2S/c1-21(19,20)18-7-3-5-13(18)4-2-6-17(10-13)12-15-8-11(14)9-16-12/h8-9H,2-7,10H2,1H3. The number of hydrogen-bond donors (Lipinski definition) is 0. The van der Waals surface area contributed by atoms with Gasteiger partial charge >= 0.3 is 0 Å². The van der Waals surface area contributed by atoms with Crippen LogP contribution in [0.5, 0.6) is 0 Å². The van der Waals surface area contributed by atoms with Gasteiger partial charge in [0.25, 0.3) is 0 Å². The maximum atomic E-state index is 12.9. The van der Waals surface area contributed by atoms with Crippen LogP contribution in [0.2, 0.25) is 0 Å². The Labute approximate surface area is 124 Å². The zero-order valence-corrected chi connectivity index (χ0v) is 12.8. The normalized spacial score (nSPS) is 27.4. The Morgan fingerprint density at radius 3 is 2.43 bits per heavy atom. The summed E-state index contributed by atoms with van der Waals surface area (Å²) in [6.07, 6.45) is 7.04. The molecule has 0 saturated carbocycles. The zero-order chi connectivity index (χ0) is 15.1. The van der Waals surface area contributed by atoms with Gasteiger partial charge in [-0.2, -0.15) is 4.31 Å². The number of aromatic nitrogens is 2. The molecular weight excluding hydrogens is 295 g/mol. The highest BCUT2D eigenvalue weighted by atomic mass is 32.2. The van der Waals surface area contributed by atoms with E-state index in [1.807, 2.05) is 4.90 Å². The highest BCUT2D eigenvalue weighted by molar-refractivity contribution is 7.88. The molecule has 0 N–H and O–H groups in total. The third-order valence-electron chi connectivity index (χ3n) is 4.38. The molecule has 1 atom stereocenters. The largest absolute Gasteiger partial charge is 0.339 e. The van der Waals surface area contributed by atoms with Crippen molar-refractivity contribution in [3.63, 3.8) is 0 Å². The fourth-order valence-corrected chi connectivity index (χ4v) is 5.00. The highest BCUT2D eigenvalue weighted by Gasteiger charge is 2.48. The van der Waals surface area contributed by atoms with Gasteiger partial charge in [0.2, 0.25) is 16.0 Å². The number of piperidine rings is 1. The van der Waals surface area contributed by atoms with Crippen LogP contribution in [0.3, 0.4) is 0 Å². The first-order valence-electron chi connectivity index (χ1n) is 7.11. The summed E-state index contributed by atoms with van der Waals surface area (Å²) < 4.78 is 38.6. The highest BCUT2D eigenvalue weighted by Crippen LogP contribution is 2.39. The molecule has 1 aromatic rings. The SMILES string of the molecule is CS(=O)(=O)N1CCCC12CCCN(c1ncc(F)cn1)C2. The van der Waals surface area contributed by atoms with E-state index < -0.39 is 15.8 Å². The van der Waals surface area contributed by atoms with Crippen LogP contribution in [-0.2, 0) is 10.0 Å². The van der Waals surface area contributed by atoms with Crippen LogP contribution in [0, 0.1) is 5.82 Å². The third-order valence-corrected chi connectivity index (χ3v) is 5.75. The van der Waals surface area contributed by atoms with Crippen molar-refractivity contribution < 1.29 is 12.8 Å². The molecule has 0 aromatic carbocycles. The monoisotopic (exact) mass is 314 g/mol. The van der Waals surface area contributed by atoms with Crippen molar-refractivity contribution in [1.82, 2.24) is 14.3 Å². The molecule has 3 rings (SSSR count). The van der Waals surface area contributed by atoms with Gasteiger partial charge in [-0.05, 0) is 25.7 Å². The maximum absolute atomic E-state index is 12.9. The van der Waals surface area contributed by atoms with Gasteiger partial charge in [0.1, 0.15) is 0 Å². The third kappa shape index (κ3) is 2.74. The van der Waals surface area contributed by atoms with Crippen LogP contribution < -0.4 is 4.90 Å². The lowest BCUT2D eigenvalue weighted by Gasteiger charge is -2.44. The lowest BCUT2D eigenvalue weighted by atomic mass is 9.88. The van der Waals surface area contributed by atoms with E-state index >= 15 is 0 Å². The Morgan fingerprint density at radius 2 is 1.81 bits per heavy atom. The van der Waals surface area contributed by atoms with Crippen molar-refractivity contribution >= 4 is 16.0 Å². The van der Waals surface area contributed by atoms with Crippen LogP contribution in [0.1, 0.15) is 25.7 Å². The molecule has 8 heteroatoms. The van der Waals surface area contributed by atoms with Crippen LogP contribution in [0.4, 0.5) is 10.3 Å². The van der Waals surface area contributed by atoms with Crippen molar-refractivity contribution in [2.75, 3.05) is 30.8 Å². The fourth-order valence-electron chi connectivity index (χ4n) is 3.59. The predicted molar refractivity (Wildman–Crippen MR) is 77.0 cm³/mol. The first kappa shape index (κ1) is 14.6. The van der Waals surface area contributed by atoms with Crippen LogP contribution in [-0.4, -0.2) is 54.1 Å². The molecule has 1 unspecified atom stereocenters. The minimum absolute atomic E-state index is 0.358. The van der Waals surface area contributed by atoms with Gasteiger partial charge in [0.05, 0.1) is 24.2 Å². The second-order valence-electron chi connectivity index (χ2n) is 5.89. The second kappa shape index (κ2) is 5.17. The van der Waals surface area contributed by atoms with E-state index in [1.165, 1.54) is 6.26 Å². The van der Waals surface area contributed by atoms with Gasteiger partial charge in [-0.25, -0.2) is 22.8 Å². The number of halogens is 1. The molecule has 0 amide bonds. The summed E-state index contributed by atoms with van der Waals surface area (Å²) >= 11 is 0. The molecule has 0 aliphatic carbocycles. The van der Waals surface area contributed by atoms with Crippen LogP contribution in [0.15, 0.2) is 12.4 Å². The summed E-state index contributed by atoms with van der Waals surface area (Å²) in [6, 6.07) is 0. The molecule has 6 nitrogen and oxygen atoms in total. The quantitative estimate of drug-likeness (QED) is 0.815. The van der Waals surface area contributed by atoms with Gasteiger partial charge in [0.15, 0.2) is 5.82 Å². The second-order valence-corrected chi connectivity index (χ2v) is 7.80. The number of sulfonamides is 1. The molecule has 0 bridgehead atoms. The minimum atomic E-state index is -3.22. The smallest absolute Gasteiger partial charge is 0.225 e. The average molecular weight is 314 g/mol.